The molecule has 0 spiro atoms. The van der Waals surface area contributed by atoms with E-state index in [1.165, 1.54) is 12.8 Å². The second kappa shape index (κ2) is 3.90. The predicted octanol–water partition coefficient (Wildman–Crippen LogP) is 1.91. The van der Waals surface area contributed by atoms with E-state index in [0.717, 1.165) is 24.8 Å². The van der Waals surface area contributed by atoms with Gasteiger partial charge in [-0.3, -0.25) is 0 Å². The third-order valence-corrected chi connectivity index (χ3v) is 4.17. The molecular formula is C12H16ClN3. The summed E-state index contributed by atoms with van der Waals surface area (Å²) in [6.45, 7) is 2.16. The highest BCUT2D eigenvalue weighted by atomic mass is 35.5. The monoisotopic (exact) mass is 237 g/mol. The lowest BCUT2D eigenvalue weighted by Gasteiger charge is -2.19. The number of rotatable bonds is 1. The minimum atomic E-state index is 0.391. The lowest BCUT2D eigenvalue weighted by molar-refractivity contribution is 0.453. The Morgan fingerprint density at radius 2 is 2.19 bits per heavy atom. The number of aromatic nitrogens is 1. The summed E-state index contributed by atoms with van der Waals surface area (Å²) >= 11 is 5.84. The normalized spacial score (nSPS) is 33.1. The molecule has 2 fully saturated rings. The van der Waals surface area contributed by atoms with Crippen LogP contribution in [0.5, 0.6) is 0 Å². The average molecular weight is 238 g/mol. The lowest BCUT2D eigenvalue weighted by Crippen LogP contribution is -2.30. The van der Waals surface area contributed by atoms with Gasteiger partial charge in [-0.15, -0.1) is 0 Å². The van der Waals surface area contributed by atoms with Gasteiger partial charge in [-0.05, 0) is 36.8 Å². The van der Waals surface area contributed by atoms with Gasteiger partial charge in [0.05, 0.1) is 5.02 Å². The first kappa shape index (κ1) is 10.4. The molecule has 1 saturated heterocycles. The molecule has 1 aliphatic heterocycles. The van der Waals surface area contributed by atoms with Gasteiger partial charge >= 0.3 is 0 Å². The number of hydrogen-bond acceptors (Lipinski definition) is 3. The first-order chi connectivity index (χ1) is 7.74. The van der Waals surface area contributed by atoms with Crippen LogP contribution >= 0.6 is 11.6 Å². The van der Waals surface area contributed by atoms with Crippen LogP contribution in [-0.4, -0.2) is 24.1 Å². The standard InChI is InChI=1S/C12H16ClN3/c13-9-2-4-12(15-5-9)16-6-8-1-3-11(14)10(8)7-16/h2,4-5,8,10-11H,1,3,6-7,14H2. The fourth-order valence-corrected chi connectivity index (χ4v) is 3.16. The van der Waals surface area contributed by atoms with E-state index in [1.807, 2.05) is 12.1 Å². The first-order valence-corrected chi connectivity index (χ1v) is 6.24. The van der Waals surface area contributed by atoms with Gasteiger partial charge in [-0.1, -0.05) is 11.6 Å². The maximum atomic E-state index is 6.12. The molecule has 3 atom stereocenters. The topological polar surface area (TPSA) is 42.1 Å². The molecule has 1 aromatic rings. The molecule has 2 aliphatic rings. The Labute approximate surface area is 101 Å². The van der Waals surface area contributed by atoms with E-state index in [-0.39, 0.29) is 0 Å². The van der Waals surface area contributed by atoms with Gasteiger partial charge < -0.3 is 10.6 Å². The quantitative estimate of drug-likeness (QED) is 0.812. The summed E-state index contributed by atoms with van der Waals surface area (Å²) in [5.74, 6) is 2.47. The van der Waals surface area contributed by atoms with Gasteiger partial charge in [0.2, 0.25) is 0 Å². The van der Waals surface area contributed by atoms with Gasteiger partial charge in [-0.2, -0.15) is 0 Å². The van der Waals surface area contributed by atoms with Crippen LogP contribution in [0.1, 0.15) is 12.8 Å². The number of hydrogen-bond donors (Lipinski definition) is 1. The average Bonchev–Trinajstić information content (AvgIpc) is 2.83. The van der Waals surface area contributed by atoms with Crippen LogP contribution in [0.2, 0.25) is 5.02 Å². The molecule has 3 unspecified atom stereocenters. The molecular weight excluding hydrogens is 222 g/mol. The number of pyridine rings is 1. The summed E-state index contributed by atoms with van der Waals surface area (Å²) in [6, 6.07) is 4.29. The zero-order chi connectivity index (χ0) is 11.1. The Bertz CT molecular complexity index is 378. The number of nitrogens with two attached hydrogens (primary N) is 1. The number of fused-ring (bicyclic) bond motifs is 1. The van der Waals surface area contributed by atoms with Crippen molar-refractivity contribution in [1.82, 2.24) is 4.98 Å². The Hall–Kier alpha value is -0.800. The van der Waals surface area contributed by atoms with Crippen LogP contribution in [-0.2, 0) is 0 Å². The lowest BCUT2D eigenvalue weighted by atomic mass is 9.98. The van der Waals surface area contributed by atoms with Crippen molar-refractivity contribution in [1.29, 1.82) is 0 Å². The van der Waals surface area contributed by atoms with Crippen LogP contribution in [0.4, 0.5) is 5.82 Å². The fourth-order valence-electron chi connectivity index (χ4n) is 3.05. The van der Waals surface area contributed by atoms with Crippen molar-refractivity contribution >= 4 is 17.4 Å². The molecule has 0 radical (unpaired) electrons. The third kappa shape index (κ3) is 1.68. The molecule has 2 N–H and O–H groups in total. The van der Waals surface area contributed by atoms with Crippen LogP contribution in [0.15, 0.2) is 18.3 Å². The molecule has 16 heavy (non-hydrogen) atoms. The van der Waals surface area contributed by atoms with Crippen molar-refractivity contribution in [3.8, 4) is 0 Å². The largest absolute Gasteiger partial charge is 0.356 e. The summed E-state index contributed by atoms with van der Waals surface area (Å²) in [6.07, 6.45) is 4.18. The molecule has 1 aliphatic carbocycles. The summed E-state index contributed by atoms with van der Waals surface area (Å²) in [4.78, 5) is 6.70. The van der Waals surface area contributed by atoms with Crippen molar-refractivity contribution in [2.75, 3.05) is 18.0 Å². The summed E-state index contributed by atoms with van der Waals surface area (Å²) in [7, 11) is 0. The van der Waals surface area contributed by atoms with E-state index in [4.69, 9.17) is 17.3 Å². The summed E-state index contributed by atoms with van der Waals surface area (Å²) < 4.78 is 0. The highest BCUT2D eigenvalue weighted by Crippen LogP contribution is 2.38. The van der Waals surface area contributed by atoms with E-state index < -0.39 is 0 Å². The van der Waals surface area contributed by atoms with Gasteiger partial charge in [0, 0.05) is 25.3 Å². The second-order valence-corrected chi connectivity index (χ2v) is 5.34. The molecule has 86 valence electrons. The second-order valence-electron chi connectivity index (χ2n) is 4.90. The molecule has 1 saturated carbocycles. The zero-order valence-electron chi connectivity index (χ0n) is 9.14. The fraction of sp³-hybridized carbons (Fsp3) is 0.583. The number of nitrogens with zero attached hydrogens (tertiary/aromatic N) is 2. The molecule has 3 rings (SSSR count). The molecule has 0 bridgehead atoms. The van der Waals surface area contributed by atoms with E-state index in [1.54, 1.807) is 6.20 Å². The Balaban J connectivity index is 1.76. The van der Waals surface area contributed by atoms with Crippen molar-refractivity contribution in [2.45, 2.75) is 18.9 Å². The van der Waals surface area contributed by atoms with E-state index in [0.29, 0.717) is 17.0 Å². The molecule has 0 aromatic carbocycles. The highest BCUT2D eigenvalue weighted by Gasteiger charge is 2.41. The minimum absolute atomic E-state index is 0.391. The molecule has 2 heterocycles. The molecule has 0 amide bonds. The van der Waals surface area contributed by atoms with Gasteiger partial charge in [0.1, 0.15) is 5.82 Å². The third-order valence-electron chi connectivity index (χ3n) is 3.95. The highest BCUT2D eigenvalue weighted by molar-refractivity contribution is 6.30. The first-order valence-electron chi connectivity index (χ1n) is 5.86. The SMILES string of the molecule is NC1CCC2CN(c3ccc(Cl)cn3)CC12. The van der Waals surface area contributed by atoms with E-state index in [2.05, 4.69) is 9.88 Å². The van der Waals surface area contributed by atoms with Crippen LogP contribution in [0.3, 0.4) is 0 Å². The van der Waals surface area contributed by atoms with Gasteiger partial charge in [0.15, 0.2) is 0 Å². The summed E-state index contributed by atoms with van der Waals surface area (Å²) in [5, 5.41) is 0.694. The number of anilines is 1. The van der Waals surface area contributed by atoms with E-state index >= 15 is 0 Å². The minimum Gasteiger partial charge on any atom is -0.356 e. The van der Waals surface area contributed by atoms with Crippen molar-refractivity contribution in [3.05, 3.63) is 23.4 Å². The van der Waals surface area contributed by atoms with Crippen molar-refractivity contribution < 1.29 is 0 Å². The van der Waals surface area contributed by atoms with Gasteiger partial charge in [0.25, 0.3) is 0 Å². The van der Waals surface area contributed by atoms with Crippen molar-refractivity contribution in [3.63, 3.8) is 0 Å². The maximum Gasteiger partial charge on any atom is 0.128 e. The van der Waals surface area contributed by atoms with Crippen LogP contribution < -0.4 is 10.6 Å². The van der Waals surface area contributed by atoms with Crippen molar-refractivity contribution in [2.24, 2.45) is 17.6 Å². The number of halogens is 1. The van der Waals surface area contributed by atoms with E-state index in [9.17, 15) is 0 Å². The molecule has 1 aromatic heterocycles. The molecule has 4 heteroatoms. The summed E-state index contributed by atoms with van der Waals surface area (Å²) in [5.41, 5.74) is 6.12. The maximum absolute atomic E-state index is 6.12. The Morgan fingerprint density at radius 3 is 2.88 bits per heavy atom. The van der Waals surface area contributed by atoms with Crippen LogP contribution in [0, 0.1) is 11.8 Å². The predicted molar refractivity (Wildman–Crippen MR) is 65.6 cm³/mol. The Morgan fingerprint density at radius 1 is 1.31 bits per heavy atom. The molecule has 3 nitrogen and oxygen atoms in total. The zero-order valence-corrected chi connectivity index (χ0v) is 9.90. The van der Waals surface area contributed by atoms with Crippen LogP contribution in [0.25, 0.3) is 0 Å². The Kier molecular flexibility index (Phi) is 2.52. The van der Waals surface area contributed by atoms with Gasteiger partial charge in [-0.25, -0.2) is 4.98 Å². The smallest absolute Gasteiger partial charge is 0.128 e.